The number of benzene rings is 2. The summed E-state index contributed by atoms with van der Waals surface area (Å²) in [5, 5.41) is 1.09. The van der Waals surface area contributed by atoms with E-state index in [1.165, 1.54) is 6.07 Å². The maximum absolute atomic E-state index is 14.1. The maximum Gasteiger partial charge on any atom is 0.129 e. The molecule has 0 bridgehead atoms. The molecule has 2 aromatic rings. The van der Waals surface area contributed by atoms with E-state index < -0.39 is 0 Å². The highest BCUT2D eigenvalue weighted by Crippen LogP contribution is 2.29. The number of hydrogen-bond donors (Lipinski definition) is 1. The van der Waals surface area contributed by atoms with Crippen molar-refractivity contribution in [2.45, 2.75) is 12.6 Å². The third-order valence-corrected chi connectivity index (χ3v) is 4.02. The van der Waals surface area contributed by atoms with Crippen LogP contribution in [0.25, 0.3) is 0 Å². The van der Waals surface area contributed by atoms with Crippen molar-refractivity contribution in [1.29, 1.82) is 0 Å². The van der Waals surface area contributed by atoms with Crippen LogP contribution in [0.5, 0.6) is 0 Å². The SMILES string of the molecule is CN(Cc1ccc(Cl)cc1)C(CN)c1c(F)cccc1Cl. The normalized spacial score (nSPS) is 12.7. The fraction of sp³-hybridized carbons (Fsp3) is 0.250. The first-order chi connectivity index (χ1) is 10.0. The zero-order chi connectivity index (χ0) is 15.4. The van der Waals surface area contributed by atoms with Gasteiger partial charge in [-0.1, -0.05) is 41.4 Å². The van der Waals surface area contributed by atoms with E-state index >= 15 is 0 Å². The molecule has 0 aromatic heterocycles. The van der Waals surface area contributed by atoms with Gasteiger partial charge in [0, 0.05) is 28.7 Å². The smallest absolute Gasteiger partial charge is 0.129 e. The van der Waals surface area contributed by atoms with Gasteiger partial charge in [-0.05, 0) is 36.9 Å². The van der Waals surface area contributed by atoms with Gasteiger partial charge in [0.05, 0.1) is 6.04 Å². The summed E-state index contributed by atoms with van der Waals surface area (Å²) in [4.78, 5) is 1.98. The van der Waals surface area contributed by atoms with Crippen molar-refractivity contribution in [2.24, 2.45) is 5.73 Å². The largest absolute Gasteiger partial charge is 0.329 e. The monoisotopic (exact) mass is 326 g/mol. The summed E-state index contributed by atoms with van der Waals surface area (Å²) < 4.78 is 14.1. The van der Waals surface area contributed by atoms with Crippen molar-refractivity contribution >= 4 is 23.2 Å². The summed E-state index contributed by atoms with van der Waals surface area (Å²) in [6.07, 6.45) is 0. The Morgan fingerprint density at radius 3 is 2.38 bits per heavy atom. The quantitative estimate of drug-likeness (QED) is 0.889. The molecule has 0 aliphatic carbocycles. The van der Waals surface area contributed by atoms with Gasteiger partial charge < -0.3 is 5.73 Å². The zero-order valence-corrected chi connectivity index (χ0v) is 13.2. The van der Waals surface area contributed by atoms with Crippen molar-refractivity contribution in [3.8, 4) is 0 Å². The third kappa shape index (κ3) is 3.95. The number of nitrogens with two attached hydrogens (primary N) is 1. The molecule has 2 rings (SSSR count). The second kappa shape index (κ2) is 7.23. The fourth-order valence-corrected chi connectivity index (χ4v) is 2.75. The summed E-state index contributed by atoms with van der Waals surface area (Å²) in [5.41, 5.74) is 7.35. The summed E-state index contributed by atoms with van der Waals surface area (Å²) in [6.45, 7) is 0.911. The highest BCUT2D eigenvalue weighted by Gasteiger charge is 2.21. The Morgan fingerprint density at radius 2 is 1.81 bits per heavy atom. The fourth-order valence-electron chi connectivity index (χ4n) is 2.34. The van der Waals surface area contributed by atoms with E-state index in [4.69, 9.17) is 28.9 Å². The summed E-state index contributed by atoms with van der Waals surface area (Å²) in [6, 6.07) is 11.9. The Bertz CT molecular complexity index is 581. The average Bonchev–Trinajstić information content (AvgIpc) is 2.45. The number of rotatable bonds is 5. The first-order valence-corrected chi connectivity index (χ1v) is 7.37. The van der Waals surface area contributed by atoms with Crippen LogP contribution in [0.3, 0.4) is 0 Å². The number of halogens is 3. The standard InChI is InChI=1S/C16H17Cl2FN2/c1-21(10-11-5-7-12(17)8-6-11)15(9-20)16-13(18)3-2-4-14(16)19/h2-8,15H,9-10,20H2,1H3. The van der Waals surface area contributed by atoms with Crippen molar-refractivity contribution < 1.29 is 4.39 Å². The van der Waals surface area contributed by atoms with Crippen LogP contribution in [0.15, 0.2) is 42.5 Å². The minimum Gasteiger partial charge on any atom is -0.329 e. The van der Waals surface area contributed by atoms with Gasteiger partial charge in [0.1, 0.15) is 5.82 Å². The van der Waals surface area contributed by atoms with Crippen molar-refractivity contribution in [1.82, 2.24) is 4.90 Å². The molecule has 2 nitrogen and oxygen atoms in total. The Morgan fingerprint density at radius 1 is 1.14 bits per heavy atom. The molecule has 1 atom stereocenters. The summed E-state index contributed by atoms with van der Waals surface area (Å²) >= 11 is 12.0. The van der Waals surface area contributed by atoms with Crippen LogP contribution in [0.2, 0.25) is 10.0 Å². The lowest BCUT2D eigenvalue weighted by Crippen LogP contribution is -2.31. The van der Waals surface area contributed by atoms with Gasteiger partial charge in [0.25, 0.3) is 0 Å². The maximum atomic E-state index is 14.1. The van der Waals surface area contributed by atoms with E-state index in [2.05, 4.69) is 0 Å². The van der Waals surface area contributed by atoms with E-state index in [0.29, 0.717) is 22.2 Å². The molecule has 21 heavy (non-hydrogen) atoms. The molecule has 0 spiro atoms. The van der Waals surface area contributed by atoms with Gasteiger partial charge in [-0.25, -0.2) is 4.39 Å². The van der Waals surface area contributed by atoms with Gasteiger partial charge in [-0.2, -0.15) is 0 Å². The summed E-state index contributed by atoms with van der Waals surface area (Å²) in [5.74, 6) is -0.332. The molecular formula is C16H17Cl2FN2. The Labute approximate surface area is 134 Å². The molecule has 5 heteroatoms. The molecular weight excluding hydrogens is 310 g/mol. The second-order valence-electron chi connectivity index (χ2n) is 4.93. The van der Waals surface area contributed by atoms with Crippen LogP contribution < -0.4 is 5.73 Å². The highest BCUT2D eigenvalue weighted by molar-refractivity contribution is 6.31. The minimum absolute atomic E-state index is 0.282. The first kappa shape index (κ1) is 16.2. The van der Waals surface area contributed by atoms with Gasteiger partial charge in [-0.3, -0.25) is 4.90 Å². The van der Waals surface area contributed by atoms with Crippen molar-refractivity contribution in [2.75, 3.05) is 13.6 Å². The van der Waals surface area contributed by atoms with Crippen LogP contribution >= 0.6 is 23.2 Å². The molecule has 112 valence electrons. The van der Waals surface area contributed by atoms with E-state index in [1.54, 1.807) is 12.1 Å². The molecule has 0 radical (unpaired) electrons. The van der Waals surface area contributed by atoms with Crippen LogP contribution in [0, 0.1) is 5.82 Å². The average molecular weight is 327 g/mol. The molecule has 2 aromatic carbocycles. The minimum atomic E-state index is -0.332. The lowest BCUT2D eigenvalue weighted by molar-refractivity contribution is 0.237. The van der Waals surface area contributed by atoms with Crippen LogP contribution in [-0.2, 0) is 6.54 Å². The van der Waals surface area contributed by atoms with Crippen molar-refractivity contribution in [3.05, 3.63) is 69.5 Å². The molecule has 0 aliphatic heterocycles. The number of likely N-dealkylation sites (N-methyl/N-ethyl adjacent to an activating group) is 1. The molecule has 0 heterocycles. The van der Waals surface area contributed by atoms with Crippen LogP contribution in [-0.4, -0.2) is 18.5 Å². The number of nitrogens with zero attached hydrogens (tertiary/aromatic N) is 1. The van der Waals surface area contributed by atoms with E-state index in [1.807, 2.05) is 36.2 Å². The molecule has 0 aliphatic rings. The van der Waals surface area contributed by atoms with Gasteiger partial charge >= 0.3 is 0 Å². The summed E-state index contributed by atoms with van der Waals surface area (Å²) in [7, 11) is 1.90. The predicted molar refractivity (Wildman–Crippen MR) is 86.1 cm³/mol. The molecule has 0 amide bonds. The second-order valence-corrected chi connectivity index (χ2v) is 5.77. The zero-order valence-electron chi connectivity index (χ0n) is 11.7. The van der Waals surface area contributed by atoms with Crippen molar-refractivity contribution in [3.63, 3.8) is 0 Å². The topological polar surface area (TPSA) is 29.3 Å². The van der Waals surface area contributed by atoms with Gasteiger partial charge in [0.15, 0.2) is 0 Å². The molecule has 2 N–H and O–H groups in total. The first-order valence-electron chi connectivity index (χ1n) is 6.61. The van der Waals surface area contributed by atoms with E-state index in [0.717, 1.165) is 5.56 Å². The van der Waals surface area contributed by atoms with Crippen LogP contribution in [0.4, 0.5) is 4.39 Å². The molecule has 0 saturated heterocycles. The van der Waals surface area contributed by atoms with Gasteiger partial charge in [-0.15, -0.1) is 0 Å². The van der Waals surface area contributed by atoms with E-state index in [-0.39, 0.29) is 18.4 Å². The lowest BCUT2D eigenvalue weighted by Gasteiger charge is -2.28. The Kier molecular flexibility index (Phi) is 5.59. The Hall–Kier alpha value is -1.13. The lowest BCUT2D eigenvalue weighted by atomic mass is 10.0. The highest BCUT2D eigenvalue weighted by atomic mass is 35.5. The molecule has 0 saturated carbocycles. The van der Waals surface area contributed by atoms with E-state index in [9.17, 15) is 4.39 Å². The third-order valence-electron chi connectivity index (χ3n) is 3.43. The molecule has 1 unspecified atom stereocenters. The van der Waals surface area contributed by atoms with Gasteiger partial charge in [0.2, 0.25) is 0 Å². The predicted octanol–water partition coefficient (Wildman–Crippen LogP) is 4.26. The Balaban J connectivity index is 2.22. The van der Waals surface area contributed by atoms with Crippen LogP contribution in [0.1, 0.15) is 17.2 Å². The molecule has 0 fully saturated rings. The number of hydrogen-bond acceptors (Lipinski definition) is 2.